The number of hydrogen-bond donors (Lipinski definition) is 4. The molecule has 3 aromatic rings. The third-order valence-electron chi connectivity index (χ3n) is 14.6. The molecule has 3 fully saturated rings. The minimum atomic E-state index is -1.00. The average molecular weight is 606 g/mol. The van der Waals surface area contributed by atoms with Gasteiger partial charge in [0.1, 0.15) is 6.10 Å². The summed E-state index contributed by atoms with van der Waals surface area (Å²) in [6.45, 7) is 3.01. The maximum absolute atomic E-state index is 13.4. The standard InChI is InChI=1S/C37H39N3O5/c1-39-10-8-35-22-14-20-21-15-37(43)26-13-19-5-7-25(42)32-28(19)36(37,9-11-40(26)16-17-2-3-17)34(45-32)30(21)38-29(20)33(35)44-31-24(41)6-4-18(27(31)35)12-23(22)39/h4-7,17,22-23,26,33-34,38,41-43H,2-3,8-16H2,1H3/t22-,23?,26?,33-,34-,35-,36-,37+/m0/s1. The van der Waals surface area contributed by atoms with Gasteiger partial charge >= 0.3 is 0 Å². The van der Waals surface area contributed by atoms with Crippen molar-refractivity contribution in [3.63, 3.8) is 0 Å². The summed E-state index contributed by atoms with van der Waals surface area (Å²) in [6, 6.07) is 8.24. The molecule has 8 nitrogen and oxygen atoms in total. The molecule has 0 amide bonds. The van der Waals surface area contributed by atoms with E-state index in [1.165, 1.54) is 40.7 Å². The molecule has 9 aliphatic rings. The molecular weight excluding hydrogens is 566 g/mol. The van der Waals surface area contributed by atoms with Gasteiger partial charge in [0.05, 0.1) is 22.4 Å². The van der Waals surface area contributed by atoms with Crippen molar-refractivity contribution < 1.29 is 24.8 Å². The van der Waals surface area contributed by atoms with Crippen molar-refractivity contribution in [1.82, 2.24) is 14.8 Å². The second-order valence-electron chi connectivity index (χ2n) is 16.1. The zero-order chi connectivity index (χ0) is 29.8. The molecule has 4 aliphatic heterocycles. The molecule has 2 unspecified atom stereocenters. The lowest BCUT2D eigenvalue weighted by Crippen LogP contribution is -2.74. The quantitative estimate of drug-likeness (QED) is 0.351. The minimum Gasteiger partial charge on any atom is -0.504 e. The van der Waals surface area contributed by atoms with Crippen LogP contribution < -0.4 is 9.47 Å². The van der Waals surface area contributed by atoms with Crippen LogP contribution in [0.4, 0.5) is 0 Å². The molecule has 5 aliphatic carbocycles. The number of fused-ring (bicyclic) bond motifs is 5. The number of H-pyrrole nitrogens is 1. The second kappa shape index (κ2) is 7.50. The third-order valence-corrected chi connectivity index (χ3v) is 14.6. The summed E-state index contributed by atoms with van der Waals surface area (Å²) in [5.41, 5.74) is 7.77. The maximum Gasteiger partial charge on any atom is 0.166 e. The highest BCUT2D eigenvalue weighted by Gasteiger charge is 2.74. The molecule has 0 radical (unpaired) electrons. The highest BCUT2D eigenvalue weighted by Crippen LogP contribution is 2.72. The van der Waals surface area contributed by atoms with Crippen LogP contribution in [0, 0.1) is 11.8 Å². The number of rotatable bonds is 2. The summed E-state index contributed by atoms with van der Waals surface area (Å²) in [7, 11) is 2.27. The van der Waals surface area contributed by atoms with Crippen LogP contribution in [0.5, 0.6) is 23.0 Å². The Morgan fingerprint density at radius 3 is 2.40 bits per heavy atom. The lowest BCUT2D eigenvalue weighted by Gasteiger charge is -2.63. The molecule has 12 rings (SSSR count). The number of hydrogen-bond acceptors (Lipinski definition) is 7. The molecule has 4 N–H and O–H groups in total. The zero-order valence-electron chi connectivity index (χ0n) is 25.6. The number of benzene rings is 2. The van der Waals surface area contributed by atoms with E-state index in [9.17, 15) is 15.3 Å². The van der Waals surface area contributed by atoms with E-state index in [1.54, 1.807) is 6.07 Å². The molecular formula is C37H39N3O5. The van der Waals surface area contributed by atoms with Crippen molar-refractivity contribution in [2.45, 2.75) is 92.1 Å². The molecule has 4 bridgehead atoms. The summed E-state index contributed by atoms with van der Waals surface area (Å²) >= 11 is 0. The molecule has 8 atom stereocenters. The summed E-state index contributed by atoms with van der Waals surface area (Å²) in [5, 5.41) is 35.6. The number of aromatic hydroxyl groups is 2. The van der Waals surface area contributed by atoms with Gasteiger partial charge in [-0.25, -0.2) is 0 Å². The van der Waals surface area contributed by atoms with Gasteiger partial charge in [0.15, 0.2) is 29.1 Å². The monoisotopic (exact) mass is 605 g/mol. The van der Waals surface area contributed by atoms with Crippen molar-refractivity contribution in [2.24, 2.45) is 11.8 Å². The Kier molecular flexibility index (Phi) is 4.16. The normalized spacial score (nSPS) is 40.6. The number of piperidine rings is 2. The number of phenolic OH excluding ortho intramolecular Hbond substituents is 2. The largest absolute Gasteiger partial charge is 0.504 e. The van der Waals surface area contributed by atoms with Crippen LogP contribution in [0.2, 0.25) is 0 Å². The van der Waals surface area contributed by atoms with E-state index in [1.807, 2.05) is 6.07 Å². The fraction of sp³-hybridized carbons (Fsp3) is 0.568. The molecule has 2 aromatic carbocycles. The number of nitrogens with zero attached hydrogens (tertiary/aromatic N) is 2. The lowest BCUT2D eigenvalue weighted by molar-refractivity contribution is -0.173. The van der Waals surface area contributed by atoms with Gasteiger partial charge in [-0.3, -0.25) is 4.90 Å². The van der Waals surface area contributed by atoms with Crippen molar-refractivity contribution in [3.05, 3.63) is 69.0 Å². The third kappa shape index (κ3) is 2.53. The maximum atomic E-state index is 13.4. The molecule has 2 saturated heterocycles. The first-order valence-corrected chi connectivity index (χ1v) is 17.3. The van der Waals surface area contributed by atoms with Crippen LogP contribution >= 0.6 is 0 Å². The van der Waals surface area contributed by atoms with Crippen LogP contribution in [0.3, 0.4) is 0 Å². The number of phenols is 2. The number of aromatic amines is 1. The Bertz CT molecular complexity index is 1900. The molecule has 1 aromatic heterocycles. The lowest BCUT2D eigenvalue weighted by atomic mass is 9.48. The summed E-state index contributed by atoms with van der Waals surface area (Å²) in [6.07, 6.45) is 7.08. The predicted octanol–water partition coefficient (Wildman–Crippen LogP) is 3.93. The van der Waals surface area contributed by atoms with Gasteiger partial charge < -0.3 is 34.7 Å². The Labute approximate surface area is 261 Å². The van der Waals surface area contributed by atoms with Crippen LogP contribution in [0.15, 0.2) is 24.3 Å². The minimum absolute atomic E-state index is 0.0151. The van der Waals surface area contributed by atoms with Crippen molar-refractivity contribution in [2.75, 3.05) is 26.7 Å². The van der Waals surface area contributed by atoms with Crippen LogP contribution in [-0.4, -0.2) is 74.5 Å². The fourth-order valence-corrected chi connectivity index (χ4v) is 12.6. The van der Waals surface area contributed by atoms with Crippen LogP contribution in [0.25, 0.3) is 0 Å². The number of nitrogens with one attached hydrogen (secondary N) is 1. The Morgan fingerprint density at radius 1 is 0.867 bits per heavy atom. The van der Waals surface area contributed by atoms with Gasteiger partial charge in [0.2, 0.25) is 0 Å². The average Bonchev–Trinajstić information content (AvgIpc) is 3.52. The van der Waals surface area contributed by atoms with E-state index < -0.39 is 11.0 Å². The van der Waals surface area contributed by atoms with E-state index in [-0.39, 0.29) is 35.2 Å². The van der Waals surface area contributed by atoms with E-state index in [2.05, 4.69) is 34.0 Å². The number of likely N-dealkylation sites (N-methyl/N-ethyl adjacent to an activating group) is 1. The first kappa shape index (κ1) is 25.0. The van der Waals surface area contributed by atoms with Crippen LogP contribution in [-0.2, 0) is 36.5 Å². The van der Waals surface area contributed by atoms with Gasteiger partial charge in [-0.2, -0.15) is 0 Å². The highest BCUT2D eigenvalue weighted by molar-refractivity contribution is 5.67. The van der Waals surface area contributed by atoms with Gasteiger partial charge in [-0.05, 0) is 111 Å². The van der Waals surface area contributed by atoms with Crippen molar-refractivity contribution >= 4 is 0 Å². The van der Waals surface area contributed by atoms with E-state index >= 15 is 0 Å². The summed E-state index contributed by atoms with van der Waals surface area (Å²) in [4.78, 5) is 9.12. The Balaban J connectivity index is 1.09. The molecule has 8 heteroatoms. The van der Waals surface area contributed by atoms with Crippen LogP contribution in [0.1, 0.15) is 82.7 Å². The molecule has 1 saturated carbocycles. The number of likely N-dealkylation sites (tertiary alicyclic amines) is 2. The van der Waals surface area contributed by atoms with E-state index in [0.29, 0.717) is 29.9 Å². The number of ether oxygens (including phenoxy) is 2. The van der Waals surface area contributed by atoms with Gasteiger partial charge in [0, 0.05) is 41.6 Å². The number of aromatic nitrogens is 1. The second-order valence-corrected chi connectivity index (χ2v) is 16.1. The fourth-order valence-electron chi connectivity index (χ4n) is 12.6. The summed E-state index contributed by atoms with van der Waals surface area (Å²) < 4.78 is 13.8. The topological polar surface area (TPSA) is 101 Å². The first-order valence-electron chi connectivity index (χ1n) is 17.3. The SMILES string of the molecule is CN1CC[C@]23c4c5ccc(O)c4O[C@H]2c2[nH]c4c(c2C[C@H]3C1C5)C[C@@]1(O)C2Cc3ccc(O)c5c3[C@@]1(CCN2CC1CC1)[C@H]4O5. The van der Waals surface area contributed by atoms with E-state index in [4.69, 9.17) is 9.47 Å². The summed E-state index contributed by atoms with van der Waals surface area (Å²) in [5.74, 6) is 2.79. The highest BCUT2D eigenvalue weighted by atomic mass is 16.5. The predicted molar refractivity (Wildman–Crippen MR) is 164 cm³/mol. The Hall–Kier alpha value is -3.20. The first-order chi connectivity index (χ1) is 21.8. The smallest absolute Gasteiger partial charge is 0.166 e. The number of aliphatic hydroxyl groups is 1. The zero-order valence-corrected chi connectivity index (χ0v) is 25.6. The molecule has 2 spiro atoms. The van der Waals surface area contributed by atoms with Gasteiger partial charge in [-0.15, -0.1) is 0 Å². The molecule has 5 heterocycles. The van der Waals surface area contributed by atoms with Gasteiger partial charge in [-0.1, -0.05) is 12.1 Å². The van der Waals surface area contributed by atoms with Crippen molar-refractivity contribution in [3.8, 4) is 23.0 Å². The molecule has 232 valence electrons. The van der Waals surface area contributed by atoms with E-state index in [0.717, 1.165) is 74.6 Å². The Morgan fingerprint density at radius 2 is 1.60 bits per heavy atom. The van der Waals surface area contributed by atoms with Crippen molar-refractivity contribution in [1.29, 1.82) is 0 Å². The molecule has 45 heavy (non-hydrogen) atoms. The van der Waals surface area contributed by atoms with Gasteiger partial charge in [0.25, 0.3) is 0 Å².